The Kier molecular flexibility index (Phi) is 7.92. The molecule has 228 valence electrons. The number of nitrogens with zero attached hydrogens (tertiary/aromatic N) is 3. The van der Waals surface area contributed by atoms with Crippen molar-refractivity contribution in [1.82, 2.24) is 14.8 Å². The fourth-order valence-corrected chi connectivity index (χ4v) is 6.15. The molecule has 9 nitrogen and oxygen atoms in total. The molecule has 45 heavy (non-hydrogen) atoms. The fraction of sp³-hybridized carbons (Fsp3) is 0.250. The molecule has 0 bridgehead atoms. The fourth-order valence-electron chi connectivity index (χ4n) is 6.15. The SMILES string of the molecule is CCOC(=O)Cc1ccccc1OCc1nn(C2CCCCO2)c2c(-c3ccoc3)cc(-c3cccc4c(N)nccc34)cc12. The summed E-state index contributed by atoms with van der Waals surface area (Å²) in [4.78, 5) is 16.6. The molecule has 0 amide bonds. The molecule has 0 spiro atoms. The topological polar surface area (TPSA) is 115 Å². The second kappa shape index (κ2) is 12.5. The van der Waals surface area contributed by atoms with Crippen molar-refractivity contribution in [3.63, 3.8) is 0 Å². The van der Waals surface area contributed by atoms with Gasteiger partial charge in [-0.1, -0.05) is 36.4 Å². The van der Waals surface area contributed by atoms with Gasteiger partial charge in [0.15, 0.2) is 6.23 Å². The molecule has 3 aromatic heterocycles. The van der Waals surface area contributed by atoms with Crippen LogP contribution in [0.2, 0.25) is 0 Å². The van der Waals surface area contributed by atoms with Gasteiger partial charge in [0.25, 0.3) is 0 Å². The highest BCUT2D eigenvalue weighted by atomic mass is 16.5. The van der Waals surface area contributed by atoms with Crippen molar-refractivity contribution in [2.75, 3.05) is 18.9 Å². The van der Waals surface area contributed by atoms with Crippen LogP contribution in [0, 0.1) is 0 Å². The molecule has 1 fully saturated rings. The van der Waals surface area contributed by atoms with Crippen LogP contribution in [0.1, 0.15) is 43.7 Å². The standard InChI is InChI=1S/C36H34N4O5/c1-2-43-34(41)20-23-8-3-4-11-32(23)45-22-31-30-19-25(26-9-7-10-28-27(26)13-15-38-36(28)37)18-29(24-14-17-42-21-24)35(30)40(39-31)33-12-5-6-16-44-33/h3-4,7-11,13-15,17-19,21,33H,2,5-6,12,16,20,22H2,1H3,(H2,37,38). The largest absolute Gasteiger partial charge is 0.487 e. The second-order valence-electron chi connectivity index (χ2n) is 11.1. The van der Waals surface area contributed by atoms with Gasteiger partial charge in [0.05, 0.1) is 31.1 Å². The third-order valence-corrected chi connectivity index (χ3v) is 8.26. The number of aromatic nitrogens is 3. The predicted molar refractivity (Wildman–Crippen MR) is 173 cm³/mol. The van der Waals surface area contributed by atoms with E-state index in [0.29, 0.717) is 24.8 Å². The molecule has 7 rings (SSSR count). The van der Waals surface area contributed by atoms with E-state index in [9.17, 15) is 4.79 Å². The maximum absolute atomic E-state index is 12.3. The zero-order valence-electron chi connectivity index (χ0n) is 25.1. The average molecular weight is 603 g/mol. The minimum Gasteiger partial charge on any atom is -0.487 e. The van der Waals surface area contributed by atoms with Gasteiger partial charge in [0.1, 0.15) is 23.9 Å². The molecule has 2 N–H and O–H groups in total. The first-order valence-corrected chi connectivity index (χ1v) is 15.3. The minimum absolute atomic E-state index is 0.128. The van der Waals surface area contributed by atoms with Crippen LogP contribution >= 0.6 is 0 Å². The quantitative estimate of drug-likeness (QED) is 0.169. The van der Waals surface area contributed by atoms with Crippen LogP contribution in [0.15, 0.2) is 89.9 Å². The second-order valence-corrected chi connectivity index (χ2v) is 11.1. The summed E-state index contributed by atoms with van der Waals surface area (Å²) in [6, 6.07) is 21.9. The highest BCUT2D eigenvalue weighted by Gasteiger charge is 2.25. The van der Waals surface area contributed by atoms with Gasteiger partial charge in [-0.2, -0.15) is 5.10 Å². The summed E-state index contributed by atoms with van der Waals surface area (Å²) in [6.07, 6.45) is 8.05. The predicted octanol–water partition coefficient (Wildman–Crippen LogP) is 7.48. The van der Waals surface area contributed by atoms with E-state index in [0.717, 1.165) is 74.4 Å². The van der Waals surface area contributed by atoms with E-state index >= 15 is 0 Å². The first-order chi connectivity index (χ1) is 22.1. The normalized spacial score (nSPS) is 15.0. The Bertz CT molecular complexity index is 1980. The van der Waals surface area contributed by atoms with E-state index in [2.05, 4.69) is 23.2 Å². The molecule has 3 aromatic carbocycles. The van der Waals surface area contributed by atoms with Gasteiger partial charge < -0.3 is 24.4 Å². The lowest BCUT2D eigenvalue weighted by Gasteiger charge is -2.24. The molecule has 1 aliphatic rings. The van der Waals surface area contributed by atoms with Crippen molar-refractivity contribution in [2.24, 2.45) is 0 Å². The van der Waals surface area contributed by atoms with Crippen molar-refractivity contribution in [3.8, 4) is 28.0 Å². The van der Waals surface area contributed by atoms with E-state index in [1.54, 1.807) is 25.6 Å². The number of fused-ring (bicyclic) bond motifs is 2. The molecule has 6 aromatic rings. The van der Waals surface area contributed by atoms with Crippen LogP contribution in [0.4, 0.5) is 5.82 Å². The number of pyridine rings is 1. The molecule has 0 aliphatic carbocycles. The van der Waals surface area contributed by atoms with Gasteiger partial charge in [-0.25, -0.2) is 9.67 Å². The van der Waals surface area contributed by atoms with Crippen molar-refractivity contribution in [3.05, 3.63) is 96.7 Å². The number of anilines is 1. The molecule has 1 unspecified atom stereocenters. The summed E-state index contributed by atoms with van der Waals surface area (Å²) in [5, 5.41) is 8.00. The molecular weight excluding hydrogens is 568 g/mol. The zero-order chi connectivity index (χ0) is 30.8. The number of furan rings is 1. The van der Waals surface area contributed by atoms with Crippen molar-refractivity contribution in [1.29, 1.82) is 0 Å². The number of ether oxygens (including phenoxy) is 3. The van der Waals surface area contributed by atoms with Crippen LogP contribution < -0.4 is 10.5 Å². The summed E-state index contributed by atoms with van der Waals surface area (Å²) >= 11 is 0. The number of para-hydroxylation sites is 1. The van der Waals surface area contributed by atoms with Gasteiger partial charge in [-0.3, -0.25) is 4.79 Å². The number of hydrogen-bond donors (Lipinski definition) is 1. The van der Waals surface area contributed by atoms with E-state index in [-0.39, 0.29) is 25.2 Å². The van der Waals surface area contributed by atoms with E-state index in [1.165, 1.54) is 0 Å². The number of esters is 1. The van der Waals surface area contributed by atoms with Gasteiger partial charge >= 0.3 is 5.97 Å². The maximum Gasteiger partial charge on any atom is 0.310 e. The van der Waals surface area contributed by atoms with Gasteiger partial charge in [-0.15, -0.1) is 0 Å². The van der Waals surface area contributed by atoms with Crippen molar-refractivity contribution < 1.29 is 23.4 Å². The molecule has 1 aliphatic heterocycles. The number of carbonyl (C=O) groups excluding carboxylic acids is 1. The third-order valence-electron chi connectivity index (χ3n) is 8.26. The number of nitrogens with two attached hydrogens (primary N) is 1. The molecule has 0 radical (unpaired) electrons. The first kappa shape index (κ1) is 28.6. The molecule has 1 saturated heterocycles. The Hall–Kier alpha value is -5.15. The number of rotatable bonds is 9. The summed E-state index contributed by atoms with van der Waals surface area (Å²) in [5.74, 6) is 0.812. The van der Waals surface area contributed by atoms with Crippen LogP contribution in [-0.4, -0.2) is 33.9 Å². The monoisotopic (exact) mass is 602 g/mol. The molecule has 4 heterocycles. The Morgan fingerprint density at radius 1 is 1.00 bits per heavy atom. The number of hydrogen-bond acceptors (Lipinski definition) is 8. The minimum atomic E-state index is -0.293. The van der Waals surface area contributed by atoms with Crippen molar-refractivity contribution >= 4 is 33.5 Å². The molecule has 1 atom stereocenters. The zero-order valence-corrected chi connectivity index (χ0v) is 25.1. The number of carbonyl (C=O) groups is 1. The van der Waals surface area contributed by atoms with Gasteiger partial charge in [0, 0.05) is 40.3 Å². The van der Waals surface area contributed by atoms with Crippen LogP contribution in [-0.2, 0) is 27.3 Å². The average Bonchev–Trinajstić information content (AvgIpc) is 3.73. The van der Waals surface area contributed by atoms with Gasteiger partial charge in [0.2, 0.25) is 0 Å². The van der Waals surface area contributed by atoms with Crippen LogP contribution in [0.5, 0.6) is 5.75 Å². The summed E-state index contributed by atoms with van der Waals surface area (Å²) in [7, 11) is 0. The molecule has 9 heteroatoms. The lowest BCUT2D eigenvalue weighted by Crippen LogP contribution is -2.19. The highest BCUT2D eigenvalue weighted by molar-refractivity contribution is 6.05. The van der Waals surface area contributed by atoms with E-state index in [4.69, 9.17) is 29.5 Å². The Morgan fingerprint density at radius 3 is 2.73 bits per heavy atom. The Morgan fingerprint density at radius 2 is 1.91 bits per heavy atom. The van der Waals surface area contributed by atoms with Crippen LogP contribution in [0.25, 0.3) is 43.9 Å². The van der Waals surface area contributed by atoms with Crippen molar-refractivity contribution in [2.45, 2.75) is 45.4 Å². The van der Waals surface area contributed by atoms with E-state index < -0.39 is 0 Å². The molecular formula is C36H34N4O5. The Balaban J connectivity index is 1.39. The van der Waals surface area contributed by atoms with Crippen LogP contribution in [0.3, 0.4) is 0 Å². The number of benzene rings is 3. The highest BCUT2D eigenvalue weighted by Crippen LogP contribution is 2.41. The van der Waals surface area contributed by atoms with E-state index in [1.807, 2.05) is 53.2 Å². The summed E-state index contributed by atoms with van der Waals surface area (Å²) < 4.78 is 25.4. The maximum atomic E-state index is 12.3. The third kappa shape index (κ3) is 5.62. The Labute approximate surface area is 260 Å². The lowest BCUT2D eigenvalue weighted by molar-refractivity contribution is -0.142. The lowest BCUT2D eigenvalue weighted by atomic mass is 9.93. The smallest absolute Gasteiger partial charge is 0.310 e. The number of nitrogen functional groups attached to an aromatic ring is 1. The first-order valence-electron chi connectivity index (χ1n) is 15.3. The summed E-state index contributed by atoms with van der Waals surface area (Å²) in [6.45, 7) is 3.00. The van der Waals surface area contributed by atoms with Gasteiger partial charge in [-0.05, 0) is 73.0 Å². The molecule has 0 saturated carbocycles. The summed E-state index contributed by atoms with van der Waals surface area (Å²) in [5.41, 5.74) is 12.7.